The average molecular weight is 310 g/mol. The van der Waals surface area contributed by atoms with E-state index in [2.05, 4.69) is 32.6 Å². The van der Waals surface area contributed by atoms with Crippen LogP contribution < -0.4 is 10.1 Å². The Hall–Kier alpha value is -1.01. The molecule has 0 radical (unpaired) electrons. The maximum Gasteiger partial charge on any atom is 0.573 e. The van der Waals surface area contributed by atoms with Crippen LogP contribution in [0.3, 0.4) is 0 Å². The summed E-state index contributed by atoms with van der Waals surface area (Å²) in [6.07, 6.45) is -4.67. The number of hydrogen-bond donors (Lipinski definition) is 1. The summed E-state index contributed by atoms with van der Waals surface area (Å²) in [5.74, 6) is -0.187. The molecule has 0 saturated carbocycles. The summed E-state index contributed by atoms with van der Waals surface area (Å²) in [6.45, 7) is 4.36. The minimum absolute atomic E-state index is 0.187. The fraction of sp³-hybridized carbons (Fsp3) is 0.273. The lowest BCUT2D eigenvalue weighted by Crippen LogP contribution is -2.20. The molecule has 0 fully saturated rings. The smallest absolute Gasteiger partial charge is 0.405 e. The van der Waals surface area contributed by atoms with Crippen molar-refractivity contribution in [2.24, 2.45) is 0 Å². The number of para-hydroxylation sites is 1. The molecule has 94 valence electrons. The zero-order valence-corrected chi connectivity index (χ0v) is 10.4. The lowest BCUT2D eigenvalue weighted by Gasteiger charge is -2.13. The lowest BCUT2D eigenvalue weighted by molar-refractivity contribution is -0.274. The second-order valence-corrected chi connectivity index (χ2v) is 4.40. The van der Waals surface area contributed by atoms with E-state index in [0.717, 1.165) is 4.48 Å². The fourth-order valence-corrected chi connectivity index (χ4v) is 1.41. The molecule has 0 unspecified atom stereocenters. The second kappa shape index (κ2) is 6.07. The van der Waals surface area contributed by atoms with E-state index in [1.165, 1.54) is 12.1 Å². The van der Waals surface area contributed by atoms with Crippen molar-refractivity contribution in [1.29, 1.82) is 0 Å². The van der Waals surface area contributed by atoms with Gasteiger partial charge in [0.15, 0.2) is 0 Å². The summed E-state index contributed by atoms with van der Waals surface area (Å²) in [7, 11) is 0. The molecule has 0 aromatic heterocycles. The third kappa shape index (κ3) is 5.74. The topological polar surface area (TPSA) is 21.3 Å². The fourth-order valence-electron chi connectivity index (χ4n) is 1.21. The van der Waals surface area contributed by atoms with Crippen molar-refractivity contribution in [3.63, 3.8) is 0 Å². The van der Waals surface area contributed by atoms with Gasteiger partial charge in [-0.05, 0) is 6.07 Å². The minimum Gasteiger partial charge on any atom is -0.405 e. The number of hydrogen-bond acceptors (Lipinski definition) is 2. The molecule has 0 saturated heterocycles. The monoisotopic (exact) mass is 309 g/mol. The first-order valence-electron chi connectivity index (χ1n) is 4.76. The Balaban J connectivity index is 2.67. The van der Waals surface area contributed by atoms with Crippen molar-refractivity contribution in [2.75, 3.05) is 6.54 Å². The van der Waals surface area contributed by atoms with Crippen LogP contribution in [0, 0.1) is 0 Å². The van der Waals surface area contributed by atoms with Gasteiger partial charge in [-0.15, -0.1) is 13.2 Å². The van der Waals surface area contributed by atoms with Gasteiger partial charge in [0.25, 0.3) is 0 Å². The summed E-state index contributed by atoms with van der Waals surface area (Å²) in [5, 5.41) is 2.93. The van der Waals surface area contributed by atoms with Gasteiger partial charge in [0.1, 0.15) is 5.75 Å². The van der Waals surface area contributed by atoms with E-state index in [1.807, 2.05) is 0 Å². The van der Waals surface area contributed by atoms with Crippen molar-refractivity contribution in [2.45, 2.75) is 12.9 Å². The van der Waals surface area contributed by atoms with Crippen LogP contribution in [0.4, 0.5) is 13.2 Å². The Morgan fingerprint density at radius 2 is 2.00 bits per heavy atom. The van der Waals surface area contributed by atoms with E-state index in [0.29, 0.717) is 12.1 Å². The molecule has 1 aromatic rings. The van der Waals surface area contributed by atoms with Crippen LogP contribution in [0.25, 0.3) is 0 Å². The van der Waals surface area contributed by atoms with Gasteiger partial charge in [-0.3, -0.25) is 0 Å². The highest BCUT2D eigenvalue weighted by molar-refractivity contribution is 9.11. The number of benzene rings is 1. The molecule has 1 N–H and O–H groups in total. The highest BCUT2D eigenvalue weighted by Crippen LogP contribution is 2.26. The number of ether oxygens (including phenoxy) is 1. The molecule has 2 nitrogen and oxygen atoms in total. The summed E-state index contributed by atoms with van der Waals surface area (Å²) in [6, 6.07) is 6.01. The van der Waals surface area contributed by atoms with E-state index in [9.17, 15) is 13.2 Å². The van der Waals surface area contributed by atoms with Crippen LogP contribution in [0.1, 0.15) is 5.56 Å². The Morgan fingerprint density at radius 1 is 1.35 bits per heavy atom. The van der Waals surface area contributed by atoms with Crippen LogP contribution >= 0.6 is 15.9 Å². The Labute approximate surface area is 106 Å². The quantitative estimate of drug-likeness (QED) is 0.897. The van der Waals surface area contributed by atoms with Crippen LogP contribution in [-0.4, -0.2) is 12.9 Å². The first-order valence-corrected chi connectivity index (χ1v) is 5.55. The highest BCUT2D eigenvalue weighted by Gasteiger charge is 2.31. The van der Waals surface area contributed by atoms with E-state index >= 15 is 0 Å². The summed E-state index contributed by atoms with van der Waals surface area (Å²) in [5.41, 5.74) is 0.443. The molecule has 6 heteroatoms. The van der Waals surface area contributed by atoms with Gasteiger partial charge >= 0.3 is 6.36 Å². The first-order chi connectivity index (χ1) is 7.88. The molecule has 0 aliphatic heterocycles. The van der Waals surface area contributed by atoms with Gasteiger partial charge in [0.2, 0.25) is 0 Å². The van der Waals surface area contributed by atoms with Crippen molar-refractivity contribution in [1.82, 2.24) is 5.32 Å². The molecule has 1 aromatic carbocycles. The predicted octanol–water partition coefficient (Wildman–Crippen LogP) is 3.58. The molecule has 0 aliphatic rings. The number of alkyl halides is 3. The molecular weight excluding hydrogens is 299 g/mol. The van der Waals surface area contributed by atoms with Crippen molar-refractivity contribution >= 4 is 15.9 Å². The van der Waals surface area contributed by atoms with Gasteiger partial charge in [-0.25, -0.2) is 0 Å². The van der Waals surface area contributed by atoms with Gasteiger partial charge in [-0.1, -0.05) is 40.7 Å². The van der Waals surface area contributed by atoms with E-state index < -0.39 is 6.36 Å². The molecule has 17 heavy (non-hydrogen) atoms. The summed E-state index contributed by atoms with van der Waals surface area (Å²) in [4.78, 5) is 0. The highest BCUT2D eigenvalue weighted by atomic mass is 79.9. The predicted molar refractivity (Wildman–Crippen MR) is 62.9 cm³/mol. The normalized spacial score (nSPS) is 11.3. The van der Waals surface area contributed by atoms with Crippen molar-refractivity contribution in [3.8, 4) is 5.75 Å². The standard InChI is InChI=1S/C11H11BrF3NO/c1-8(12)6-16-7-9-4-2-3-5-10(9)17-11(13,14)15/h2-5,16H,1,6-7H2. The van der Waals surface area contributed by atoms with Gasteiger partial charge < -0.3 is 10.1 Å². The number of halogens is 4. The van der Waals surface area contributed by atoms with Gasteiger partial charge in [0.05, 0.1) is 0 Å². The molecule has 0 amide bonds. The molecule has 0 atom stereocenters. The van der Waals surface area contributed by atoms with E-state index in [1.54, 1.807) is 12.1 Å². The third-order valence-corrected chi connectivity index (χ3v) is 2.11. The molecule has 1 rings (SSSR count). The molecule has 0 bridgehead atoms. The third-order valence-electron chi connectivity index (χ3n) is 1.83. The van der Waals surface area contributed by atoms with E-state index in [4.69, 9.17) is 0 Å². The number of nitrogens with one attached hydrogen (secondary N) is 1. The minimum atomic E-state index is -4.67. The Morgan fingerprint density at radius 3 is 2.59 bits per heavy atom. The van der Waals surface area contributed by atoms with Crippen LogP contribution in [0.5, 0.6) is 5.75 Å². The van der Waals surface area contributed by atoms with Gasteiger partial charge in [-0.2, -0.15) is 0 Å². The SMILES string of the molecule is C=C(Br)CNCc1ccccc1OC(F)(F)F. The second-order valence-electron chi connectivity index (χ2n) is 3.28. The molecule has 0 spiro atoms. The Kier molecular flexibility index (Phi) is 5.02. The average Bonchev–Trinajstić information content (AvgIpc) is 2.17. The number of rotatable bonds is 5. The lowest BCUT2D eigenvalue weighted by atomic mass is 10.2. The Bertz CT molecular complexity index is 393. The van der Waals surface area contributed by atoms with Crippen LogP contribution in [0.2, 0.25) is 0 Å². The van der Waals surface area contributed by atoms with Crippen LogP contribution in [-0.2, 0) is 6.54 Å². The van der Waals surface area contributed by atoms with Crippen LogP contribution in [0.15, 0.2) is 35.3 Å². The summed E-state index contributed by atoms with van der Waals surface area (Å²) >= 11 is 3.15. The summed E-state index contributed by atoms with van der Waals surface area (Å²) < 4.78 is 41.0. The zero-order valence-electron chi connectivity index (χ0n) is 8.85. The van der Waals surface area contributed by atoms with Crippen molar-refractivity contribution < 1.29 is 17.9 Å². The van der Waals surface area contributed by atoms with E-state index in [-0.39, 0.29) is 12.3 Å². The maximum atomic E-state index is 12.1. The zero-order chi connectivity index (χ0) is 12.9. The largest absolute Gasteiger partial charge is 0.573 e. The molecular formula is C11H11BrF3NO. The van der Waals surface area contributed by atoms with Crippen molar-refractivity contribution in [3.05, 3.63) is 40.9 Å². The molecule has 0 heterocycles. The maximum absolute atomic E-state index is 12.1. The van der Waals surface area contributed by atoms with Gasteiger partial charge in [0, 0.05) is 23.1 Å². The first kappa shape index (κ1) is 14.1. The molecule has 0 aliphatic carbocycles.